The second-order valence-electron chi connectivity index (χ2n) is 6.45. The van der Waals surface area contributed by atoms with Crippen LogP contribution in [0.4, 0.5) is 0 Å². The summed E-state index contributed by atoms with van der Waals surface area (Å²) in [6, 6.07) is 13.6. The molecule has 0 amide bonds. The Balaban J connectivity index is 1.58. The fraction of sp³-hybridized carbons (Fsp3) is 0.136. The van der Waals surface area contributed by atoms with E-state index in [0.29, 0.717) is 33.1 Å². The van der Waals surface area contributed by atoms with Crippen LogP contribution in [-0.2, 0) is 11.4 Å². The molecular formula is C22H17BrN2O3S2. The van der Waals surface area contributed by atoms with Crippen molar-refractivity contribution in [2.45, 2.75) is 12.5 Å². The van der Waals surface area contributed by atoms with E-state index in [-0.39, 0.29) is 5.78 Å². The van der Waals surface area contributed by atoms with Gasteiger partial charge in [0, 0.05) is 11.6 Å². The molecule has 1 atom stereocenters. The summed E-state index contributed by atoms with van der Waals surface area (Å²) in [5.74, 6) is 0.468. The van der Waals surface area contributed by atoms with Crippen molar-refractivity contribution in [3.8, 4) is 11.5 Å². The second kappa shape index (κ2) is 9.16. The smallest absolute Gasteiger partial charge is 0.186 e. The molecule has 1 fully saturated rings. The van der Waals surface area contributed by atoms with Crippen LogP contribution in [0.5, 0.6) is 11.5 Å². The predicted molar refractivity (Wildman–Crippen MR) is 125 cm³/mol. The van der Waals surface area contributed by atoms with Gasteiger partial charge in [-0.15, -0.1) is 11.3 Å². The number of allylic oxidation sites excluding steroid dienone is 1. The Kier molecular flexibility index (Phi) is 6.36. The minimum Gasteiger partial charge on any atom is -0.493 e. The number of nitrogens with one attached hydrogen (secondary N) is 1. The molecule has 152 valence electrons. The molecule has 3 aromatic rings. The van der Waals surface area contributed by atoms with Crippen LogP contribution in [0.1, 0.15) is 22.1 Å². The average molecular weight is 501 g/mol. The molecule has 0 radical (unpaired) electrons. The molecule has 8 heteroatoms. The molecule has 4 rings (SSSR count). The van der Waals surface area contributed by atoms with Crippen LogP contribution in [0.2, 0.25) is 0 Å². The third-order valence-electron chi connectivity index (χ3n) is 4.46. The Morgan fingerprint density at radius 3 is 2.77 bits per heavy atom. The molecule has 5 nitrogen and oxygen atoms in total. The third kappa shape index (κ3) is 4.35. The molecule has 30 heavy (non-hydrogen) atoms. The topological polar surface area (TPSA) is 72.3 Å². The average Bonchev–Trinajstić information content (AvgIpc) is 3.35. The Hall–Kier alpha value is -2.42. The van der Waals surface area contributed by atoms with Gasteiger partial charge in [-0.25, -0.2) is 4.98 Å². The first kappa shape index (κ1) is 20.8. The van der Waals surface area contributed by atoms with Gasteiger partial charge in [0.25, 0.3) is 0 Å². The molecule has 0 bridgehead atoms. The monoisotopic (exact) mass is 500 g/mol. The molecule has 1 N–H and O–H groups in total. The first-order valence-corrected chi connectivity index (χ1v) is 11.5. The summed E-state index contributed by atoms with van der Waals surface area (Å²) in [6.07, 6.45) is 3.44. The Morgan fingerprint density at radius 1 is 1.27 bits per heavy atom. The van der Waals surface area contributed by atoms with Gasteiger partial charge in [0.15, 0.2) is 17.3 Å². The van der Waals surface area contributed by atoms with Crippen LogP contribution in [0.25, 0.3) is 6.08 Å². The van der Waals surface area contributed by atoms with Gasteiger partial charge in [-0.1, -0.05) is 42.1 Å². The van der Waals surface area contributed by atoms with E-state index in [0.717, 1.165) is 15.6 Å². The number of ketones is 1. The third-order valence-corrected chi connectivity index (χ3v) is 6.89. The lowest BCUT2D eigenvalue weighted by molar-refractivity contribution is -0.114. The van der Waals surface area contributed by atoms with E-state index in [1.54, 1.807) is 19.4 Å². The van der Waals surface area contributed by atoms with Crippen LogP contribution < -0.4 is 9.47 Å². The van der Waals surface area contributed by atoms with Crippen molar-refractivity contribution < 1.29 is 14.3 Å². The summed E-state index contributed by atoms with van der Waals surface area (Å²) in [6.45, 7) is 0.414. The predicted octanol–water partition coefficient (Wildman–Crippen LogP) is 5.91. The van der Waals surface area contributed by atoms with E-state index >= 15 is 0 Å². The van der Waals surface area contributed by atoms with E-state index in [4.69, 9.17) is 14.9 Å². The normalized spacial score (nSPS) is 17.5. The minimum absolute atomic E-state index is 0.0977. The number of benzene rings is 2. The van der Waals surface area contributed by atoms with Crippen LogP contribution in [-0.4, -0.2) is 22.9 Å². The van der Waals surface area contributed by atoms with Crippen LogP contribution in [0.3, 0.4) is 0 Å². The maximum Gasteiger partial charge on any atom is 0.186 e. The zero-order chi connectivity index (χ0) is 21.1. The zero-order valence-corrected chi connectivity index (χ0v) is 19.1. The van der Waals surface area contributed by atoms with Gasteiger partial charge in [0.2, 0.25) is 0 Å². The molecule has 0 saturated carbocycles. The van der Waals surface area contributed by atoms with Crippen molar-refractivity contribution in [2.75, 3.05) is 7.11 Å². The van der Waals surface area contributed by atoms with Gasteiger partial charge in [-0.2, -0.15) is 0 Å². The van der Waals surface area contributed by atoms with Crippen LogP contribution in [0.15, 0.2) is 63.4 Å². The molecule has 0 aliphatic carbocycles. The molecule has 2 aromatic carbocycles. The van der Waals surface area contributed by atoms with Crippen molar-refractivity contribution in [3.05, 3.63) is 79.6 Å². The number of aromatic nitrogens is 1. The highest BCUT2D eigenvalue weighted by atomic mass is 79.9. The molecule has 1 saturated heterocycles. The van der Waals surface area contributed by atoms with E-state index in [9.17, 15) is 4.79 Å². The summed E-state index contributed by atoms with van der Waals surface area (Å²) < 4.78 is 12.2. The SMILES string of the molecule is COc1cc(/C=C2\SC(=N)[C@@H](c3nccs3)C2=O)cc(Br)c1OCc1ccccc1. The fourth-order valence-corrected chi connectivity index (χ4v) is 5.41. The van der Waals surface area contributed by atoms with Gasteiger partial charge in [-0.3, -0.25) is 10.2 Å². The number of hydrogen-bond donors (Lipinski definition) is 1. The van der Waals surface area contributed by atoms with Crippen molar-refractivity contribution in [3.63, 3.8) is 0 Å². The Morgan fingerprint density at radius 2 is 2.07 bits per heavy atom. The quantitative estimate of drug-likeness (QED) is 0.425. The van der Waals surface area contributed by atoms with E-state index in [1.165, 1.54) is 23.1 Å². The molecule has 0 spiro atoms. The van der Waals surface area contributed by atoms with Gasteiger partial charge >= 0.3 is 0 Å². The lowest BCUT2D eigenvalue weighted by atomic mass is 10.0. The summed E-state index contributed by atoms with van der Waals surface area (Å²) in [4.78, 5) is 17.6. The lowest BCUT2D eigenvalue weighted by Gasteiger charge is -2.14. The largest absolute Gasteiger partial charge is 0.493 e. The first-order chi connectivity index (χ1) is 14.6. The van der Waals surface area contributed by atoms with E-state index in [2.05, 4.69) is 20.9 Å². The molecule has 1 aliphatic rings. The van der Waals surface area contributed by atoms with Gasteiger partial charge in [-0.05, 0) is 45.3 Å². The van der Waals surface area contributed by atoms with Crippen molar-refractivity contribution in [1.29, 1.82) is 5.41 Å². The Labute approximate surface area is 190 Å². The maximum atomic E-state index is 12.9. The van der Waals surface area contributed by atoms with E-state index < -0.39 is 5.92 Å². The second-order valence-corrected chi connectivity index (χ2v) is 9.32. The number of halogens is 1. The molecule has 1 aliphatic heterocycles. The number of carbonyl (C=O) groups excluding carboxylic acids is 1. The fourth-order valence-electron chi connectivity index (χ4n) is 3.04. The number of carbonyl (C=O) groups is 1. The Bertz CT molecular complexity index is 1110. The molecule has 0 unspecified atom stereocenters. The van der Waals surface area contributed by atoms with Crippen molar-refractivity contribution >= 4 is 55.9 Å². The number of thioether (sulfide) groups is 1. The highest BCUT2D eigenvalue weighted by molar-refractivity contribution is 9.10. The van der Waals surface area contributed by atoms with Gasteiger partial charge in [0.1, 0.15) is 17.5 Å². The highest BCUT2D eigenvalue weighted by Gasteiger charge is 2.38. The van der Waals surface area contributed by atoms with Gasteiger partial charge in [0.05, 0.1) is 21.5 Å². The zero-order valence-electron chi connectivity index (χ0n) is 15.9. The maximum absolute atomic E-state index is 12.9. The van der Waals surface area contributed by atoms with Crippen LogP contribution >= 0.6 is 39.0 Å². The lowest BCUT2D eigenvalue weighted by Crippen LogP contribution is -2.11. The summed E-state index contributed by atoms with van der Waals surface area (Å²) in [5.41, 5.74) is 1.84. The molecular weight excluding hydrogens is 484 g/mol. The van der Waals surface area contributed by atoms with E-state index in [1.807, 2.05) is 47.8 Å². The first-order valence-electron chi connectivity index (χ1n) is 9.02. The standard InChI is InChI=1S/C22H17BrN2O3S2/c1-27-16-10-14(9-15(23)20(16)28-12-13-5-3-2-4-6-13)11-17-19(26)18(21(24)30-17)22-25-7-8-29-22/h2-11,18,24H,12H2,1H3/b17-11-,24-21?/t18-/m0/s1. The number of thiazole rings is 1. The number of hydrogen-bond acceptors (Lipinski definition) is 7. The number of nitrogens with zero attached hydrogens (tertiary/aromatic N) is 1. The number of ether oxygens (including phenoxy) is 2. The van der Waals surface area contributed by atoms with Gasteiger partial charge < -0.3 is 9.47 Å². The summed E-state index contributed by atoms with van der Waals surface area (Å²) >= 11 is 6.13. The molecule has 2 heterocycles. The summed E-state index contributed by atoms with van der Waals surface area (Å²) in [5, 5.41) is 11.0. The molecule has 1 aromatic heterocycles. The highest BCUT2D eigenvalue weighted by Crippen LogP contribution is 2.43. The number of rotatable bonds is 6. The number of methoxy groups -OCH3 is 1. The van der Waals surface area contributed by atoms with Crippen LogP contribution in [0, 0.1) is 5.41 Å². The minimum atomic E-state index is -0.597. The number of Topliss-reactive ketones (excluding diaryl/α,β-unsaturated/α-hetero) is 1. The van der Waals surface area contributed by atoms with Crippen molar-refractivity contribution in [2.24, 2.45) is 0 Å². The summed E-state index contributed by atoms with van der Waals surface area (Å²) in [7, 11) is 1.58. The van der Waals surface area contributed by atoms with Crippen molar-refractivity contribution in [1.82, 2.24) is 4.98 Å².